The summed E-state index contributed by atoms with van der Waals surface area (Å²) in [5, 5.41) is 14.4. The smallest absolute Gasteiger partial charge is 0.205 e. The van der Waals surface area contributed by atoms with Crippen molar-refractivity contribution in [3.05, 3.63) is 54.1 Å². The molecule has 0 aliphatic carbocycles. The van der Waals surface area contributed by atoms with Gasteiger partial charge in [-0.2, -0.15) is 5.21 Å². The molecule has 3 rings (SSSR count). The van der Waals surface area contributed by atoms with Gasteiger partial charge in [0.05, 0.1) is 12.3 Å². The van der Waals surface area contributed by atoms with E-state index in [0.29, 0.717) is 18.1 Å². The third kappa shape index (κ3) is 3.74. The number of nitrogens with one attached hydrogen (secondary N) is 1. The first-order valence-corrected chi connectivity index (χ1v) is 8.74. The number of nitrogens with two attached hydrogens (primary N) is 1. The minimum atomic E-state index is 0.556. The molecule has 0 atom stereocenters. The average molecular weight is 349 g/mol. The number of anilines is 1. The summed E-state index contributed by atoms with van der Waals surface area (Å²) >= 11 is 0. The van der Waals surface area contributed by atoms with Gasteiger partial charge in [-0.15, -0.1) is 10.2 Å². The second-order valence-electron chi connectivity index (χ2n) is 5.96. The van der Waals surface area contributed by atoms with Gasteiger partial charge in [0.1, 0.15) is 5.75 Å². The van der Waals surface area contributed by atoms with Crippen LogP contribution < -0.4 is 10.5 Å². The highest BCUT2D eigenvalue weighted by Crippen LogP contribution is 2.37. The van der Waals surface area contributed by atoms with E-state index in [0.717, 1.165) is 40.8 Å². The topological polar surface area (TPSA) is 89.7 Å². The molecule has 0 bridgehead atoms. The number of benzene rings is 2. The Morgan fingerprint density at radius 1 is 1.19 bits per heavy atom. The molecule has 0 radical (unpaired) electrons. The number of tetrazole rings is 1. The van der Waals surface area contributed by atoms with Gasteiger partial charge in [0.15, 0.2) is 0 Å². The lowest BCUT2D eigenvalue weighted by Gasteiger charge is -2.16. The fourth-order valence-electron chi connectivity index (χ4n) is 2.85. The van der Waals surface area contributed by atoms with Crippen molar-refractivity contribution in [1.82, 2.24) is 20.6 Å². The Bertz CT molecular complexity index is 887. The van der Waals surface area contributed by atoms with E-state index in [2.05, 4.69) is 39.7 Å². The Hall–Kier alpha value is -3.15. The minimum Gasteiger partial charge on any atom is -0.491 e. The molecule has 0 amide bonds. The van der Waals surface area contributed by atoms with Gasteiger partial charge in [-0.3, -0.25) is 0 Å². The first-order valence-electron chi connectivity index (χ1n) is 8.74. The molecule has 0 spiro atoms. The maximum absolute atomic E-state index is 6.34. The largest absolute Gasteiger partial charge is 0.491 e. The zero-order chi connectivity index (χ0) is 18.4. The van der Waals surface area contributed by atoms with Gasteiger partial charge in [-0.25, -0.2) is 0 Å². The lowest BCUT2D eigenvalue weighted by molar-refractivity contribution is 0.316. The van der Waals surface area contributed by atoms with Gasteiger partial charge in [0.2, 0.25) is 5.82 Å². The van der Waals surface area contributed by atoms with Gasteiger partial charge in [0.25, 0.3) is 0 Å². The first-order chi connectivity index (χ1) is 12.7. The van der Waals surface area contributed by atoms with Crippen molar-refractivity contribution in [3.8, 4) is 28.3 Å². The molecule has 0 aliphatic heterocycles. The SMILES string of the molecule is CC=CCc1cc(-c2ccccc2-c2nn[nH]n2)cc(N)c1OCCC. The van der Waals surface area contributed by atoms with E-state index >= 15 is 0 Å². The highest BCUT2D eigenvalue weighted by atomic mass is 16.5. The van der Waals surface area contributed by atoms with Crippen molar-refractivity contribution in [2.24, 2.45) is 0 Å². The third-order valence-corrected chi connectivity index (χ3v) is 4.04. The second-order valence-corrected chi connectivity index (χ2v) is 5.96. The molecular formula is C20H23N5O. The summed E-state index contributed by atoms with van der Waals surface area (Å²) in [6, 6.07) is 12.0. The fourth-order valence-corrected chi connectivity index (χ4v) is 2.85. The fraction of sp³-hybridized carbons (Fsp3) is 0.250. The standard InChI is InChI=1S/C20H23N5O/c1-3-5-8-14-12-15(13-18(21)19(14)26-11-4-2)16-9-6-7-10-17(16)20-22-24-25-23-20/h3,5-7,9-10,12-13H,4,8,11,21H2,1-2H3,(H,22,23,24,25). The van der Waals surface area contributed by atoms with Gasteiger partial charge in [0, 0.05) is 11.1 Å². The van der Waals surface area contributed by atoms with Gasteiger partial charge < -0.3 is 10.5 Å². The van der Waals surface area contributed by atoms with Crippen LogP contribution in [0.1, 0.15) is 25.8 Å². The Kier molecular flexibility index (Phi) is 5.63. The molecule has 0 aliphatic rings. The van der Waals surface area contributed by atoms with Crippen molar-refractivity contribution < 1.29 is 4.74 Å². The predicted octanol–water partition coefficient (Wildman–Crippen LogP) is 4.02. The van der Waals surface area contributed by atoms with Crippen LogP contribution in [0.2, 0.25) is 0 Å². The number of nitrogens with zero attached hydrogens (tertiary/aromatic N) is 3. The van der Waals surface area contributed by atoms with E-state index in [1.54, 1.807) is 0 Å². The highest BCUT2D eigenvalue weighted by Gasteiger charge is 2.15. The summed E-state index contributed by atoms with van der Waals surface area (Å²) in [6.45, 7) is 4.73. The maximum Gasteiger partial charge on any atom is 0.205 e. The lowest BCUT2D eigenvalue weighted by Crippen LogP contribution is -2.03. The number of ether oxygens (including phenoxy) is 1. The molecule has 1 aromatic heterocycles. The van der Waals surface area contributed by atoms with Crippen LogP contribution in [0, 0.1) is 0 Å². The summed E-state index contributed by atoms with van der Waals surface area (Å²) < 4.78 is 5.91. The monoisotopic (exact) mass is 349 g/mol. The van der Waals surface area contributed by atoms with Gasteiger partial charge in [-0.05, 0) is 48.2 Å². The third-order valence-electron chi connectivity index (χ3n) is 4.04. The molecule has 2 aromatic carbocycles. The second kappa shape index (κ2) is 8.29. The molecular weight excluding hydrogens is 326 g/mol. The van der Waals surface area contributed by atoms with Crippen LogP contribution in [-0.2, 0) is 6.42 Å². The van der Waals surface area contributed by atoms with E-state index < -0.39 is 0 Å². The van der Waals surface area contributed by atoms with Crippen LogP contribution in [0.15, 0.2) is 48.6 Å². The van der Waals surface area contributed by atoms with E-state index in [9.17, 15) is 0 Å². The van der Waals surface area contributed by atoms with Crippen molar-refractivity contribution in [3.63, 3.8) is 0 Å². The molecule has 6 heteroatoms. The molecule has 1 heterocycles. The van der Waals surface area contributed by atoms with Crippen molar-refractivity contribution >= 4 is 5.69 Å². The van der Waals surface area contributed by atoms with Crippen LogP contribution in [-0.4, -0.2) is 27.2 Å². The number of H-pyrrole nitrogens is 1. The molecule has 6 nitrogen and oxygen atoms in total. The molecule has 0 fully saturated rings. The van der Waals surface area contributed by atoms with Gasteiger partial charge >= 0.3 is 0 Å². The Balaban J connectivity index is 2.10. The number of hydrogen-bond donors (Lipinski definition) is 2. The minimum absolute atomic E-state index is 0.556. The predicted molar refractivity (Wildman–Crippen MR) is 104 cm³/mol. The quantitative estimate of drug-likeness (QED) is 0.496. The number of allylic oxidation sites excluding steroid dienone is 2. The summed E-state index contributed by atoms with van der Waals surface area (Å²) in [7, 11) is 0. The zero-order valence-electron chi connectivity index (χ0n) is 15.1. The number of aromatic nitrogens is 4. The summed E-state index contributed by atoms with van der Waals surface area (Å²) in [5.74, 6) is 1.33. The highest BCUT2D eigenvalue weighted by molar-refractivity contribution is 5.83. The molecule has 0 saturated heterocycles. The van der Waals surface area contributed by atoms with E-state index in [-0.39, 0.29) is 0 Å². The number of aromatic amines is 1. The Morgan fingerprint density at radius 3 is 2.69 bits per heavy atom. The summed E-state index contributed by atoms with van der Waals surface area (Å²) in [5.41, 5.74) is 11.0. The Labute approximate surface area is 153 Å². The first kappa shape index (κ1) is 17.7. The van der Waals surface area contributed by atoms with Crippen LogP contribution in [0.4, 0.5) is 5.69 Å². The molecule has 134 valence electrons. The number of rotatable bonds is 7. The number of hydrogen-bond acceptors (Lipinski definition) is 5. The zero-order valence-corrected chi connectivity index (χ0v) is 15.1. The van der Waals surface area contributed by atoms with Crippen molar-refractivity contribution in [2.75, 3.05) is 12.3 Å². The van der Waals surface area contributed by atoms with E-state index in [4.69, 9.17) is 10.5 Å². The van der Waals surface area contributed by atoms with Crippen molar-refractivity contribution in [2.45, 2.75) is 26.7 Å². The van der Waals surface area contributed by atoms with Crippen LogP contribution >= 0.6 is 0 Å². The van der Waals surface area contributed by atoms with E-state index in [1.165, 1.54) is 0 Å². The summed E-state index contributed by atoms with van der Waals surface area (Å²) in [4.78, 5) is 0. The van der Waals surface area contributed by atoms with Gasteiger partial charge in [-0.1, -0.05) is 43.3 Å². The molecule has 3 N–H and O–H groups in total. The molecule has 0 unspecified atom stereocenters. The normalized spacial score (nSPS) is 11.2. The molecule has 26 heavy (non-hydrogen) atoms. The Morgan fingerprint density at radius 2 is 2.00 bits per heavy atom. The van der Waals surface area contributed by atoms with Crippen LogP contribution in [0.25, 0.3) is 22.5 Å². The maximum atomic E-state index is 6.34. The van der Waals surface area contributed by atoms with Crippen LogP contribution in [0.5, 0.6) is 5.75 Å². The van der Waals surface area contributed by atoms with Crippen LogP contribution in [0.3, 0.4) is 0 Å². The molecule has 3 aromatic rings. The van der Waals surface area contributed by atoms with Crippen molar-refractivity contribution in [1.29, 1.82) is 0 Å². The number of nitrogen functional groups attached to an aromatic ring is 1. The average Bonchev–Trinajstić information content (AvgIpc) is 3.20. The molecule has 0 saturated carbocycles. The summed E-state index contributed by atoms with van der Waals surface area (Å²) in [6.07, 6.45) is 5.82. The lowest BCUT2D eigenvalue weighted by atomic mass is 9.95. The van der Waals surface area contributed by atoms with E-state index in [1.807, 2.05) is 43.3 Å².